The third kappa shape index (κ3) is 14.6. The van der Waals surface area contributed by atoms with Crippen molar-refractivity contribution in [3.63, 3.8) is 0 Å². The minimum absolute atomic E-state index is 0.0115. The molecule has 2 fully saturated rings. The Morgan fingerprint density at radius 2 is 1.70 bits per heavy atom. The van der Waals surface area contributed by atoms with Crippen molar-refractivity contribution in [2.45, 2.75) is 104 Å². The molecule has 1 aliphatic heterocycles. The van der Waals surface area contributed by atoms with Gasteiger partial charge in [-0.2, -0.15) is 0 Å². The van der Waals surface area contributed by atoms with Crippen LogP contribution in [0, 0.1) is 29.5 Å². The summed E-state index contributed by atoms with van der Waals surface area (Å²) >= 11 is 9.03. The van der Waals surface area contributed by atoms with E-state index in [0.717, 1.165) is 27.4 Å². The molecule has 15 nitrogen and oxygen atoms in total. The molecular weight excluding hydrogens is 969 g/mol. The molecule has 380 valence electrons. The molecule has 0 spiro atoms. The van der Waals surface area contributed by atoms with Crippen molar-refractivity contribution in [1.82, 2.24) is 30.5 Å². The molecule has 4 N–H and O–H groups in total. The summed E-state index contributed by atoms with van der Waals surface area (Å²) < 4.78 is 32.2. The number of halogens is 2. The van der Waals surface area contributed by atoms with Crippen LogP contribution in [0.4, 0.5) is 15.3 Å². The summed E-state index contributed by atoms with van der Waals surface area (Å²) in [5, 5.41) is 22.4. The molecule has 3 amide bonds. The summed E-state index contributed by atoms with van der Waals surface area (Å²) in [5.74, 6) is -1.58. The van der Waals surface area contributed by atoms with E-state index >= 15 is 0 Å². The highest BCUT2D eigenvalue weighted by Crippen LogP contribution is 2.42. The van der Waals surface area contributed by atoms with Crippen LogP contribution in [0.2, 0.25) is 5.02 Å². The highest BCUT2D eigenvalue weighted by Gasteiger charge is 2.45. The fraction of sp³-hybridized carbons (Fsp3) is 0.481. The lowest BCUT2D eigenvalue weighted by molar-refractivity contribution is -0.146. The number of nitrogens with one attached hydrogen (secondary N) is 3. The first-order valence-electron chi connectivity index (χ1n) is 24.0. The normalized spacial score (nSPS) is 19.5. The second-order valence-corrected chi connectivity index (χ2v) is 21.4. The number of hydrogen-bond donors (Lipinski definition) is 4. The molecular formula is C52H63ClFN7O8S2. The number of anilines is 2. The summed E-state index contributed by atoms with van der Waals surface area (Å²) in [6, 6.07) is 17.3. The first-order chi connectivity index (χ1) is 34.1. The number of ether oxygens (including phenoxy) is 3. The smallest absolute Gasteiger partial charge is 0.243 e. The number of nitrogens with zero attached hydrogens (tertiary/aromatic N) is 4. The number of Topliss-reactive ketones (excluding diaryl/α,β-unsaturated/α-hetero) is 1. The lowest BCUT2D eigenvalue weighted by atomic mass is 9.69. The Hall–Kier alpha value is -5.37. The second kappa shape index (κ2) is 24.8. The highest BCUT2D eigenvalue weighted by atomic mass is 35.5. The van der Waals surface area contributed by atoms with Crippen molar-refractivity contribution in [3.8, 4) is 16.2 Å². The number of thiazole rings is 2. The van der Waals surface area contributed by atoms with Gasteiger partial charge >= 0.3 is 0 Å². The molecule has 0 bridgehead atoms. The van der Waals surface area contributed by atoms with E-state index in [2.05, 4.69) is 25.9 Å². The number of likely N-dealkylation sites (tertiary alicyclic amines) is 1. The quantitative estimate of drug-likeness (QED) is 0.0457. The third-order valence-electron chi connectivity index (χ3n) is 13.1. The minimum atomic E-state index is -0.860. The van der Waals surface area contributed by atoms with E-state index in [4.69, 9.17) is 30.8 Å². The average molecular weight is 1030 g/mol. The number of β-amino-alcohol motifs (C(OH)–C–C–N with tert-alkyl or cyclic N) is 1. The molecule has 1 saturated heterocycles. The number of benzene rings is 2. The Morgan fingerprint density at radius 1 is 0.958 bits per heavy atom. The van der Waals surface area contributed by atoms with Gasteiger partial charge in [-0.15, -0.1) is 22.7 Å². The Kier molecular flexibility index (Phi) is 18.7. The van der Waals surface area contributed by atoms with Gasteiger partial charge in [-0.05, 0) is 73.4 Å². The predicted molar refractivity (Wildman–Crippen MR) is 272 cm³/mol. The maximum atomic E-state index is 14.7. The van der Waals surface area contributed by atoms with Crippen LogP contribution in [-0.4, -0.2) is 106 Å². The molecule has 3 atom stereocenters. The number of aryl methyl sites for hydroxylation is 1. The number of aromatic nitrogens is 3. The topological polar surface area (TPSA) is 194 Å². The molecule has 19 heteroatoms. The Bertz CT molecular complexity index is 2570. The van der Waals surface area contributed by atoms with Gasteiger partial charge in [0, 0.05) is 68.5 Å². The SMILES string of the molecule is Cc1ncsc1-c1ccc(CNC(=O)[C@@H]2C[C@@H](O)CN2C(=O)[C@@H](CC(=O)CCOCCOCCNC(=O)[C@]2(Cc3cccc(Nc4nccs4)n3)CC[C@@H](Oc3cccc(Cl)c3F)CC2)C(C)(C)C)cc1. The molecule has 1 saturated carbocycles. The molecule has 7 rings (SSSR count). The Balaban J connectivity index is 0.835. The number of rotatable bonds is 23. The number of carbonyl (C=O) groups excluding carboxylic acids is 4. The summed E-state index contributed by atoms with van der Waals surface area (Å²) in [5.41, 5.74) is 4.06. The zero-order valence-corrected chi connectivity index (χ0v) is 43.0. The number of aliphatic hydroxyl groups excluding tert-OH is 1. The summed E-state index contributed by atoms with van der Waals surface area (Å²) in [6.45, 7) is 8.99. The van der Waals surface area contributed by atoms with Crippen LogP contribution >= 0.6 is 34.3 Å². The number of amides is 3. The first kappa shape index (κ1) is 53.4. The van der Waals surface area contributed by atoms with Crippen molar-refractivity contribution in [1.29, 1.82) is 0 Å². The molecule has 3 aromatic heterocycles. The fourth-order valence-electron chi connectivity index (χ4n) is 9.08. The first-order valence-corrected chi connectivity index (χ1v) is 26.2. The van der Waals surface area contributed by atoms with E-state index in [9.17, 15) is 28.7 Å². The Morgan fingerprint density at radius 3 is 2.41 bits per heavy atom. The third-order valence-corrected chi connectivity index (χ3v) is 15.0. The summed E-state index contributed by atoms with van der Waals surface area (Å²) in [7, 11) is 0. The molecule has 4 heterocycles. The molecule has 2 aliphatic rings. The monoisotopic (exact) mass is 1030 g/mol. The van der Waals surface area contributed by atoms with Crippen LogP contribution in [-0.2, 0) is 41.6 Å². The second-order valence-electron chi connectivity index (χ2n) is 19.3. The van der Waals surface area contributed by atoms with Gasteiger partial charge in [0.15, 0.2) is 16.7 Å². The van der Waals surface area contributed by atoms with Crippen molar-refractivity contribution in [2.24, 2.45) is 16.7 Å². The van der Waals surface area contributed by atoms with E-state index in [1.807, 2.05) is 81.1 Å². The van der Waals surface area contributed by atoms with Crippen molar-refractivity contribution < 1.29 is 42.9 Å². The number of carbonyl (C=O) groups is 4. The minimum Gasteiger partial charge on any atom is -0.487 e. The van der Waals surface area contributed by atoms with Gasteiger partial charge in [0.2, 0.25) is 17.7 Å². The van der Waals surface area contributed by atoms with Gasteiger partial charge in [-0.3, -0.25) is 19.2 Å². The van der Waals surface area contributed by atoms with Crippen LogP contribution in [0.3, 0.4) is 0 Å². The van der Waals surface area contributed by atoms with Gasteiger partial charge in [0.25, 0.3) is 0 Å². The van der Waals surface area contributed by atoms with Crippen LogP contribution in [0.5, 0.6) is 5.75 Å². The summed E-state index contributed by atoms with van der Waals surface area (Å²) in [4.78, 5) is 70.9. The van der Waals surface area contributed by atoms with Gasteiger partial charge in [-0.25, -0.2) is 19.3 Å². The molecule has 1 aliphatic carbocycles. The van der Waals surface area contributed by atoms with Gasteiger partial charge in [0.05, 0.1) is 65.2 Å². The molecule has 0 radical (unpaired) electrons. The lowest BCUT2D eigenvalue weighted by Crippen LogP contribution is -2.50. The fourth-order valence-corrected chi connectivity index (χ4v) is 10.6. The van der Waals surface area contributed by atoms with E-state index in [1.54, 1.807) is 29.7 Å². The van der Waals surface area contributed by atoms with Crippen LogP contribution in [0.25, 0.3) is 10.4 Å². The van der Waals surface area contributed by atoms with Gasteiger partial charge < -0.3 is 40.2 Å². The van der Waals surface area contributed by atoms with E-state index < -0.39 is 34.7 Å². The maximum absolute atomic E-state index is 14.7. The lowest BCUT2D eigenvalue weighted by Gasteiger charge is -2.39. The highest BCUT2D eigenvalue weighted by molar-refractivity contribution is 7.13. The van der Waals surface area contributed by atoms with E-state index in [1.165, 1.54) is 22.3 Å². The van der Waals surface area contributed by atoms with Crippen molar-refractivity contribution >= 4 is 68.7 Å². The number of hydrogen-bond acceptors (Lipinski definition) is 14. The molecule has 0 unspecified atom stereocenters. The summed E-state index contributed by atoms with van der Waals surface area (Å²) in [6.07, 6.45) is 3.12. The maximum Gasteiger partial charge on any atom is 0.243 e. The largest absolute Gasteiger partial charge is 0.487 e. The molecule has 71 heavy (non-hydrogen) atoms. The van der Waals surface area contributed by atoms with E-state index in [-0.39, 0.29) is 106 Å². The zero-order chi connectivity index (χ0) is 50.5. The van der Waals surface area contributed by atoms with Crippen molar-refractivity contribution in [2.75, 3.05) is 44.8 Å². The zero-order valence-electron chi connectivity index (χ0n) is 40.6. The van der Waals surface area contributed by atoms with Gasteiger partial charge in [-0.1, -0.05) is 68.8 Å². The standard InChI is InChI=1S/C52H63ClFN7O8S2/c1-33-46(71-32-58-33)35-13-11-34(12-14-35)30-57-47(64)42-28-38(63)31-61(42)48(65)40(51(2,3)4)27-37(62)17-22-67-24-25-68-23-20-55-49(66)52(29-36-7-5-10-44(59-36)60-50-56-21-26-70-50)18-15-39(16-19-52)69-43-9-6-8-41(53)45(43)54/h5-14,21,26,32,38-40,42,63H,15-20,22-25,27-31H2,1-4H3,(H,55,66)(H,57,64)(H,56,59,60)/t38-,39-,40-,42+,52-/m1/s1. The van der Waals surface area contributed by atoms with Crippen molar-refractivity contribution in [3.05, 3.63) is 106 Å². The van der Waals surface area contributed by atoms with E-state index in [0.29, 0.717) is 43.1 Å². The molecule has 5 aromatic rings. The molecule has 2 aromatic carbocycles. The van der Waals surface area contributed by atoms with Crippen LogP contribution in [0.15, 0.2) is 77.8 Å². The number of ketones is 1. The Labute approximate surface area is 427 Å². The van der Waals surface area contributed by atoms with Crippen LogP contribution < -0.4 is 20.7 Å². The number of aliphatic hydroxyl groups is 1. The number of pyridine rings is 1. The predicted octanol–water partition coefficient (Wildman–Crippen LogP) is 8.50. The van der Waals surface area contributed by atoms with Gasteiger partial charge in [0.1, 0.15) is 17.6 Å². The van der Waals surface area contributed by atoms with Crippen LogP contribution in [0.1, 0.15) is 82.7 Å². The average Bonchev–Trinajstić information content (AvgIpc) is 4.13.